The molecule has 1 saturated heterocycles. The van der Waals surface area contributed by atoms with Crippen molar-refractivity contribution in [3.8, 4) is 5.75 Å². The second-order valence-electron chi connectivity index (χ2n) is 8.39. The van der Waals surface area contributed by atoms with Crippen LogP contribution in [-0.2, 0) is 25.0 Å². The molecule has 0 bridgehead atoms. The summed E-state index contributed by atoms with van der Waals surface area (Å²) in [6.07, 6.45) is 0.573. The van der Waals surface area contributed by atoms with Gasteiger partial charge in [-0.25, -0.2) is 8.42 Å². The highest BCUT2D eigenvalue weighted by molar-refractivity contribution is 7.80. The van der Waals surface area contributed by atoms with Crippen LogP contribution in [-0.4, -0.2) is 74.6 Å². The first kappa shape index (κ1) is 25.9. The summed E-state index contributed by atoms with van der Waals surface area (Å²) in [5.41, 5.74) is 7.70. The summed E-state index contributed by atoms with van der Waals surface area (Å²) in [6.45, 7) is 4.58. The van der Waals surface area contributed by atoms with Crippen LogP contribution in [0.15, 0.2) is 36.4 Å². The fraction of sp³-hybridized carbons (Fsp3) is 0.391. The first-order valence-corrected chi connectivity index (χ1v) is 12.0. The Hall–Kier alpha value is -2.67. The predicted molar refractivity (Wildman–Crippen MR) is 121 cm³/mol. The molecule has 10 nitrogen and oxygen atoms in total. The minimum Gasteiger partial charge on any atom is -0.726 e. The van der Waals surface area contributed by atoms with E-state index in [2.05, 4.69) is 11.2 Å². The third-order valence-corrected chi connectivity index (χ3v) is 7.09. The van der Waals surface area contributed by atoms with Gasteiger partial charge in [-0.3, -0.25) is 19.5 Å². The molecule has 4 rings (SSSR count). The quantitative estimate of drug-likeness (QED) is 0.311. The van der Waals surface area contributed by atoms with E-state index in [-0.39, 0.29) is 28.4 Å². The number of nitrogens with zero attached hydrogens (tertiary/aromatic N) is 1. The van der Waals surface area contributed by atoms with Crippen LogP contribution in [0.4, 0.5) is 0 Å². The molecule has 2 aliphatic rings. The second kappa shape index (κ2) is 9.53. The average Bonchev–Trinajstić information content (AvgIpc) is 2.82. The van der Waals surface area contributed by atoms with Gasteiger partial charge in [0.1, 0.15) is 18.8 Å². The van der Waals surface area contributed by atoms with E-state index in [1.807, 2.05) is 6.92 Å². The van der Waals surface area contributed by atoms with Crippen molar-refractivity contribution in [2.24, 2.45) is 5.73 Å². The number of phenolic OH excluding ortho intramolecular Hbond substituents is 1. The van der Waals surface area contributed by atoms with Gasteiger partial charge >= 0.3 is 0 Å². The fourth-order valence-corrected chi connectivity index (χ4v) is 4.57. The number of carbonyl (C=O) groups excluding carboxylic acids is 2. The lowest BCUT2D eigenvalue weighted by Crippen LogP contribution is -2.68. The number of fused-ring (bicyclic) bond motifs is 2. The molecular weight excluding hydrogens is 464 g/mol. The van der Waals surface area contributed by atoms with Gasteiger partial charge in [0.15, 0.2) is 17.2 Å². The van der Waals surface area contributed by atoms with Crippen LogP contribution in [0.2, 0.25) is 0 Å². The number of carbonyl (C=O) groups is 2. The molecule has 0 amide bonds. The van der Waals surface area contributed by atoms with Gasteiger partial charge < -0.3 is 18.9 Å². The van der Waals surface area contributed by atoms with Gasteiger partial charge in [-0.05, 0) is 12.1 Å². The van der Waals surface area contributed by atoms with Crippen molar-refractivity contribution in [2.45, 2.75) is 19.0 Å². The number of quaternary nitrogens is 1. The van der Waals surface area contributed by atoms with Gasteiger partial charge in [0, 0.05) is 28.7 Å². The Kier molecular flexibility index (Phi) is 7.27. The van der Waals surface area contributed by atoms with Gasteiger partial charge in [-0.15, -0.1) is 0 Å². The summed E-state index contributed by atoms with van der Waals surface area (Å²) in [4.78, 5) is 26.5. The van der Waals surface area contributed by atoms with Crippen molar-refractivity contribution < 1.29 is 41.1 Å². The number of hydrogen-bond donors (Lipinski definition) is 2. The monoisotopic (exact) mass is 492 g/mol. The maximum atomic E-state index is 13.4. The molecule has 0 aromatic heterocycles. The number of rotatable bonds is 4. The summed E-state index contributed by atoms with van der Waals surface area (Å²) in [5, 5.41) is 10.5. The predicted octanol–water partition coefficient (Wildman–Crippen LogP) is 1.26. The lowest BCUT2D eigenvalue weighted by Gasteiger charge is -2.51. The topological polar surface area (TPSA) is 156 Å². The average molecular weight is 493 g/mol. The van der Waals surface area contributed by atoms with Crippen LogP contribution in [0, 0.1) is 0 Å². The third-order valence-electron chi connectivity index (χ3n) is 6.68. The van der Waals surface area contributed by atoms with Crippen LogP contribution in [0.1, 0.15) is 50.8 Å². The Labute approximate surface area is 198 Å². The van der Waals surface area contributed by atoms with Crippen LogP contribution < -0.4 is 5.73 Å². The molecular formula is C23H28N2O8S. The number of nitrogens with two attached hydrogens (primary N) is 1. The molecule has 34 heavy (non-hydrogen) atoms. The molecule has 1 heterocycles. The van der Waals surface area contributed by atoms with Crippen LogP contribution in [0.5, 0.6) is 5.75 Å². The van der Waals surface area contributed by atoms with Crippen molar-refractivity contribution >= 4 is 22.0 Å². The molecule has 1 aliphatic heterocycles. The number of phenols is 1. The van der Waals surface area contributed by atoms with E-state index >= 15 is 0 Å². The summed E-state index contributed by atoms with van der Waals surface area (Å²) in [6, 6.07) is 9.92. The number of likely N-dealkylation sites (N-methyl/N-ethyl adjacent to an activating group) is 1. The van der Waals surface area contributed by atoms with Crippen LogP contribution in [0.3, 0.4) is 0 Å². The lowest BCUT2D eigenvalue weighted by molar-refractivity contribution is -0.973. The van der Waals surface area contributed by atoms with E-state index in [4.69, 9.17) is 10.5 Å². The molecule has 1 atom stereocenters. The van der Waals surface area contributed by atoms with Gasteiger partial charge in [0.2, 0.25) is 10.4 Å². The molecule has 184 valence electrons. The number of benzene rings is 2. The highest BCUT2D eigenvalue weighted by Gasteiger charge is 2.50. The zero-order valence-electron chi connectivity index (χ0n) is 19.2. The molecule has 1 aliphatic carbocycles. The Morgan fingerprint density at radius 3 is 2.06 bits per heavy atom. The second-order valence-corrected chi connectivity index (χ2v) is 9.54. The number of hydrogen-bond acceptors (Lipinski definition) is 9. The van der Waals surface area contributed by atoms with Gasteiger partial charge in [-0.2, -0.15) is 0 Å². The van der Waals surface area contributed by atoms with Crippen LogP contribution >= 0.6 is 0 Å². The third kappa shape index (κ3) is 4.50. The largest absolute Gasteiger partial charge is 0.726 e. The Morgan fingerprint density at radius 2 is 1.59 bits per heavy atom. The van der Waals surface area contributed by atoms with E-state index in [1.54, 1.807) is 30.3 Å². The zero-order valence-corrected chi connectivity index (χ0v) is 20.1. The normalized spacial score (nSPS) is 18.7. The maximum Gasteiger partial charge on any atom is 0.217 e. The number of morpholine rings is 1. The molecule has 11 heteroatoms. The maximum absolute atomic E-state index is 13.4. The van der Waals surface area contributed by atoms with E-state index in [9.17, 15) is 27.7 Å². The van der Waals surface area contributed by atoms with Gasteiger partial charge in [-0.1, -0.05) is 31.2 Å². The SMILES string of the molecule is CCC(N)(c1ccc(O)c2c1C(=O)c1ccccc1C2=O)[N+]1(C)CCOCC1.COS(=O)(=O)[O-]. The van der Waals surface area contributed by atoms with Crippen molar-refractivity contribution in [3.05, 3.63) is 64.2 Å². The van der Waals surface area contributed by atoms with E-state index in [0.717, 1.165) is 7.11 Å². The van der Waals surface area contributed by atoms with Crippen molar-refractivity contribution in [3.63, 3.8) is 0 Å². The summed E-state index contributed by atoms with van der Waals surface area (Å²) < 4.78 is 37.0. The molecule has 2 aromatic carbocycles. The zero-order chi connectivity index (χ0) is 25.3. The summed E-state index contributed by atoms with van der Waals surface area (Å²) >= 11 is 0. The van der Waals surface area contributed by atoms with E-state index in [1.165, 1.54) is 6.07 Å². The molecule has 0 saturated carbocycles. The smallest absolute Gasteiger partial charge is 0.217 e. The first-order valence-electron chi connectivity index (χ1n) is 10.7. The lowest BCUT2D eigenvalue weighted by atomic mass is 9.77. The Balaban J connectivity index is 0.000000481. The van der Waals surface area contributed by atoms with Crippen LogP contribution in [0.25, 0.3) is 0 Å². The highest BCUT2D eigenvalue weighted by atomic mass is 32.3. The summed E-state index contributed by atoms with van der Waals surface area (Å²) in [7, 11) is -1.54. The van der Waals surface area contributed by atoms with Crippen molar-refractivity contribution in [2.75, 3.05) is 40.5 Å². The number of ketones is 2. The van der Waals surface area contributed by atoms with E-state index < -0.39 is 16.1 Å². The van der Waals surface area contributed by atoms with Gasteiger partial charge in [0.25, 0.3) is 0 Å². The Morgan fingerprint density at radius 1 is 1.09 bits per heavy atom. The van der Waals surface area contributed by atoms with Crippen molar-refractivity contribution in [1.29, 1.82) is 0 Å². The van der Waals surface area contributed by atoms with Gasteiger partial charge in [0.05, 0.1) is 32.9 Å². The molecule has 1 unspecified atom stereocenters. The molecule has 0 spiro atoms. The summed E-state index contributed by atoms with van der Waals surface area (Å²) in [5.74, 6) is -0.790. The minimum atomic E-state index is -4.41. The fourth-order valence-electron chi connectivity index (χ4n) is 4.57. The minimum absolute atomic E-state index is 0.0596. The Bertz CT molecular complexity index is 1220. The number of aromatic hydroxyl groups is 1. The van der Waals surface area contributed by atoms with E-state index in [0.29, 0.717) is 53.9 Å². The standard InChI is InChI=1S/C22H24N2O4.CH4O4S/c1-3-22(23,24(2)10-12-28-13-11-24)16-8-9-17(25)19-18(16)20(26)14-6-4-5-7-15(14)21(19)27;1-5-6(2,3)4/h4-9H,3,10-13,23H2,1-2H3;1H3,(H,2,3,4). The first-order chi connectivity index (χ1) is 15.9. The molecule has 3 N–H and O–H groups in total. The number of ether oxygens (including phenoxy) is 1. The van der Waals surface area contributed by atoms with Crippen molar-refractivity contribution in [1.82, 2.24) is 0 Å². The highest BCUT2D eigenvalue weighted by Crippen LogP contribution is 2.42. The molecule has 0 radical (unpaired) electrons. The molecule has 1 fully saturated rings. The molecule has 2 aromatic rings.